The van der Waals surface area contributed by atoms with Crippen LogP contribution in [0.15, 0.2) is 77.4 Å². The molecule has 0 N–H and O–H groups in total. The number of rotatable bonds is 5. The predicted molar refractivity (Wildman–Crippen MR) is 117 cm³/mol. The standard InChI is InChI=1S/C25H28N2O2/c1-18(2)17-26(20-10-5-4-6-11-20)23-16-19(3)27(22-13-8-7-12-21(22)23)25(28)24-14-9-15-29-24/h4-15,18-19,23H,16-17H2,1-3H3. The zero-order valence-corrected chi connectivity index (χ0v) is 17.3. The Morgan fingerprint density at radius 1 is 1.07 bits per heavy atom. The van der Waals surface area contributed by atoms with E-state index in [1.807, 2.05) is 11.0 Å². The molecular formula is C25H28N2O2. The number of carbonyl (C=O) groups is 1. The van der Waals surface area contributed by atoms with E-state index in [9.17, 15) is 4.79 Å². The van der Waals surface area contributed by atoms with Gasteiger partial charge in [0.1, 0.15) is 0 Å². The van der Waals surface area contributed by atoms with Crippen LogP contribution in [0.4, 0.5) is 11.4 Å². The van der Waals surface area contributed by atoms with E-state index in [1.165, 1.54) is 11.3 Å². The molecule has 0 saturated carbocycles. The lowest BCUT2D eigenvalue weighted by atomic mass is 9.89. The maximum atomic E-state index is 13.2. The van der Waals surface area contributed by atoms with Crippen LogP contribution in [0.1, 0.15) is 49.4 Å². The summed E-state index contributed by atoms with van der Waals surface area (Å²) in [5.41, 5.74) is 3.39. The van der Waals surface area contributed by atoms with Crippen LogP contribution in [0.3, 0.4) is 0 Å². The van der Waals surface area contributed by atoms with Gasteiger partial charge in [0.2, 0.25) is 0 Å². The molecule has 2 aromatic carbocycles. The van der Waals surface area contributed by atoms with Gasteiger partial charge in [-0.05, 0) is 55.2 Å². The Bertz CT molecular complexity index is 950. The van der Waals surface area contributed by atoms with E-state index in [-0.39, 0.29) is 18.0 Å². The number of nitrogens with zero attached hydrogens (tertiary/aromatic N) is 2. The number of amides is 1. The van der Waals surface area contributed by atoms with Crippen LogP contribution < -0.4 is 9.80 Å². The molecule has 4 heteroatoms. The van der Waals surface area contributed by atoms with Crippen molar-refractivity contribution in [2.45, 2.75) is 39.3 Å². The fourth-order valence-corrected chi connectivity index (χ4v) is 4.33. The third kappa shape index (κ3) is 3.80. The molecule has 4 nitrogen and oxygen atoms in total. The minimum atomic E-state index is -0.0801. The highest BCUT2D eigenvalue weighted by Gasteiger charge is 2.37. The summed E-state index contributed by atoms with van der Waals surface area (Å²) in [5, 5.41) is 0. The van der Waals surface area contributed by atoms with Crippen molar-refractivity contribution < 1.29 is 9.21 Å². The average Bonchev–Trinajstić information content (AvgIpc) is 3.27. The first-order chi connectivity index (χ1) is 14.1. The van der Waals surface area contributed by atoms with Gasteiger partial charge in [-0.15, -0.1) is 0 Å². The Labute approximate surface area is 172 Å². The highest BCUT2D eigenvalue weighted by molar-refractivity contribution is 6.05. The van der Waals surface area contributed by atoms with Gasteiger partial charge in [-0.2, -0.15) is 0 Å². The van der Waals surface area contributed by atoms with Crippen LogP contribution >= 0.6 is 0 Å². The molecule has 2 unspecified atom stereocenters. The summed E-state index contributed by atoms with van der Waals surface area (Å²) in [6, 6.07) is 22.6. The quantitative estimate of drug-likeness (QED) is 0.544. The Morgan fingerprint density at radius 2 is 1.79 bits per heavy atom. The largest absolute Gasteiger partial charge is 0.459 e. The van der Waals surface area contributed by atoms with Gasteiger partial charge in [-0.25, -0.2) is 0 Å². The summed E-state index contributed by atoms with van der Waals surface area (Å²) in [6.45, 7) is 7.59. The van der Waals surface area contributed by atoms with Gasteiger partial charge in [-0.1, -0.05) is 50.2 Å². The normalized spacial score (nSPS) is 18.6. The van der Waals surface area contributed by atoms with Crippen LogP contribution in [0, 0.1) is 5.92 Å². The summed E-state index contributed by atoms with van der Waals surface area (Å²) in [6.07, 6.45) is 2.42. The molecule has 2 atom stereocenters. The third-order valence-electron chi connectivity index (χ3n) is 5.54. The molecule has 1 aliphatic rings. The molecule has 29 heavy (non-hydrogen) atoms. The molecule has 0 radical (unpaired) electrons. The molecule has 0 saturated heterocycles. The second-order valence-corrected chi connectivity index (χ2v) is 8.19. The van der Waals surface area contributed by atoms with Gasteiger partial charge in [0.25, 0.3) is 5.91 Å². The van der Waals surface area contributed by atoms with E-state index in [1.54, 1.807) is 18.4 Å². The van der Waals surface area contributed by atoms with Crippen LogP contribution in [-0.2, 0) is 0 Å². The molecule has 1 amide bonds. The lowest BCUT2D eigenvalue weighted by Gasteiger charge is -2.44. The van der Waals surface area contributed by atoms with Crippen molar-refractivity contribution in [3.8, 4) is 0 Å². The summed E-state index contributed by atoms with van der Waals surface area (Å²) >= 11 is 0. The molecule has 1 aromatic heterocycles. The van der Waals surface area contributed by atoms with Crippen LogP contribution in [0.2, 0.25) is 0 Å². The number of fused-ring (bicyclic) bond motifs is 1. The molecule has 0 fully saturated rings. The number of hydrogen-bond donors (Lipinski definition) is 0. The fourth-order valence-electron chi connectivity index (χ4n) is 4.33. The summed E-state index contributed by atoms with van der Waals surface area (Å²) in [7, 11) is 0. The first-order valence-electron chi connectivity index (χ1n) is 10.3. The summed E-state index contributed by atoms with van der Waals surface area (Å²) in [4.78, 5) is 17.6. The number of carbonyl (C=O) groups excluding carboxylic acids is 1. The van der Waals surface area contributed by atoms with E-state index < -0.39 is 0 Å². The van der Waals surface area contributed by atoms with E-state index in [2.05, 4.69) is 74.2 Å². The van der Waals surface area contributed by atoms with Crippen molar-refractivity contribution in [3.63, 3.8) is 0 Å². The van der Waals surface area contributed by atoms with Crippen LogP contribution in [0.5, 0.6) is 0 Å². The maximum absolute atomic E-state index is 13.2. The second kappa shape index (κ2) is 8.16. The second-order valence-electron chi connectivity index (χ2n) is 8.19. The van der Waals surface area contributed by atoms with Crippen molar-refractivity contribution in [2.75, 3.05) is 16.3 Å². The molecule has 150 valence electrons. The Balaban J connectivity index is 1.77. The number of anilines is 2. The monoisotopic (exact) mass is 388 g/mol. The Morgan fingerprint density at radius 3 is 2.48 bits per heavy atom. The minimum Gasteiger partial charge on any atom is -0.459 e. The highest BCUT2D eigenvalue weighted by Crippen LogP contribution is 2.42. The van der Waals surface area contributed by atoms with E-state index in [0.29, 0.717) is 11.7 Å². The average molecular weight is 389 g/mol. The lowest BCUT2D eigenvalue weighted by Crippen LogP contribution is -2.47. The number of furan rings is 1. The highest BCUT2D eigenvalue weighted by atomic mass is 16.3. The van der Waals surface area contributed by atoms with E-state index in [4.69, 9.17) is 4.42 Å². The van der Waals surface area contributed by atoms with Gasteiger partial charge < -0.3 is 14.2 Å². The van der Waals surface area contributed by atoms with E-state index in [0.717, 1.165) is 18.7 Å². The first-order valence-corrected chi connectivity index (χ1v) is 10.3. The van der Waals surface area contributed by atoms with Crippen LogP contribution in [0.25, 0.3) is 0 Å². The third-order valence-corrected chi connectivity index (χ3v) is 5.54. The van der Waals surface area contributed by atoms with Crippen molar-refractivity contribution in [2.24, 2.45) is 5.92 Å². The predicted octanol–water partition coefficient (Wildman–Crippen LogP) is 5.92. The van der Waals surface area contributed by atoms with Crippen molar-refractivity contribution in [3.05, 3.63) is 84.3 Å². The molecule has 1 aliphatic heterocycles. The molecule has 0 spiro atoms. The number of para-hydroxylation sites is 2. The molecular weight excluding hydrogens is 360 g/mol. The zero-order valence-electron chi connectivity index (χ0n) is 17.3. The molecule has 0 bridgehead atoms. The topological polar surface area (TPSA) is 36.7 Å². The van der Waals surface area contributed by atoms with Gasteiger partial charge in [0, 0.05) is 24.0 Å². The minimum absolute atomic E-state index is 0.0610. The number of benzene rings is 2. The SMILES string of the molecule is CC(C)CN(c1ccccc1)C1CC(C)N(C(=O)c2ccco2)c2ccccc21. The summed E-state index contributed by atoms with van der Waals surface area (Å²) < 4.78 is 5.41. The van der Waals surface area contributed by atoms with Gasteiger partial charge in [0.05, 0.1) is 12.3 Å². The maximum Gasteiger partial charge on any atom is 0.294 e. The lowest BCUT2D eigenvalue weighted by molar-refractivity contribution is 0.0946. The molecule has 0 aliphatic carbocycles. The molecule has 2 heterocycles. The first kappa shape index (κ1) is 19.3. The van der Waals surface area contributed by atoms with Gasteiger partial charge in [-0.3, -0.25) is 4.79 Å². The van der Waals surface area contributed by atoms with Crippen LogP contribution in [-0.4, -0.2) is 18.5 Å². The van der Waals surface area contributed by atoms with Gasteiger partial charge in [0.15, 0.2) is 5.76 Å². The van der Waals surface area contributed by atoms with Gasteiger partial charge >= 0.3 is 0 Å². The van der Waals surface area contributed by atoms with E-state index >= 15 is 0 Å². The Kier molecular flexibility index (Phi) is 5.43. The van der Waals surface area contributed by atoms with Crippen molar-refractivity contribution in [1.82, 2.24) is 0 Å². The van der Waals surface area contributed by atoms with Crippen molar-refractivity contribution >= 4 is 17.3 Å². The molecule has 4 rings (SSSR count). The zero-order chi connectivity index (χ0) is 20.4. The molecule has 3 aromatic rings. The number of hydrogen-bond acceptors (Lipinski definition) is 3. The summed E-state index contributed by atoms with van der Waals surface area (Å²) in [5.74, 6) is 0.830. The fraction of sp³-hybridized carbons (Fsp3) is 0.320. The van der Waals surface area contributed by atoms with Crippen molar-refractivity contribution in [1.29, 1.82) is 0 Å². The Hall–Kier alpha value is -3.01. The smallest absolute Gasteiger partial charge is 0.294 e.